The number of aliphatic hydroxyl groups excluding tert-OH is 1. The molecule has 0 amide bonds. The van der Waals surface area contributed by atoms with Crippen LogP contribution in [-0.2, 0) is 6.54 Å². The van der Waals surface area contributed by atoms with Crippen LogP contribution in [0.3, 0.4) is 0 Å². The van der Waals surface area contributed by atoms with Gasteiger partial charge in [0.15, 0.2) is 0 Å². The molecule has 4 nitrogen and oxygen atoms in total. The van der Waals surface area contributed by atoms with Crippen molar-refractivity contribution < 1.29 is 5.11 Å². The summed E-state index contributed by atoms with van der Waals surface area (Å²) in [6.07, 6.45) is 5.97. The van der Waals surface area contributed by atoms with E-state index in [2.05, 4.69) is 37.5 Å². The van der Waals surface area contributed by atoms with E-state index in [-0.39, 0.29) is 12.1 Å². The largest absolute Gasteiger partial charge is 0.392 e. The SMILES string of the molecule is O[C@@H]1CCCC[C@H]1NCc1cc(Br)cc2[nH]ncc12. The van der Waals surface area contributed by atoms with Gasteiger partial charge in [-0.25, -0.2) is 0 Å². The number of fused-ring (bicyclic) bond motifs is 1. The van der Waals surface area contributed by atoms with E-state index in [0.717, 1.165) is 41.2 Å². The van der Waals surface area contributed by atoms with Crippen molar-refractivity contribution in [1.82, 2.24) is 15.5 Å². The lowest BCUT2D eigenvalue weighted by atomic mass is 9.92. The predicted octanol–water partition coefficient (Wildman–Crippen LogP) is 2.72. The van der Waals surface area contributed by atoms with Gasteiger partial charge in [0, 0.05) is 22.4 Å². The predicted molar refractivity (Wildman–Crippen MR) is 78.9 cm³/mol. The van der Waals surface area contributed by atoms with Gasteiger partial charge in [0.05, 0.1) is 17.8 Å². The number of aliphatic hydroxyl groups is 1. The van der Waals surface area contributed by atoms with Gasteiger partial charge in [-0.15, -0.1) is 0 Å². The van der Waals surface area contributed by atoms with Gasteiger partial charge in [0.25, 0.3) is 0 Å². The highest BCUT2D eigenvalue weighted by Gasteiger charge is 2.22. The van der Waals surface area contributed by atoms with Crippen LogP contribution in [0, 0.1) is 0 Å². The smallest absolute Gasteiger partial charge is 0.0693 e. The highest BCUT2D eigenvalue weighted by Crippen LogP contribution is 2.24. The molecule has 1 saturated carbocycles. The maximum atomic E-state index is 9.98. The average Bonchev–Trinajstić information content (AvgIpc) is 2.85. The second-order valence-corrected chi connectivity index (χ2v) is 6.15. The van der Waals surface area contributed by atoms with Gasteiger partial charge in [-0.05, 0) is 30.5 Å². The molecule has 1 aliphatic carbocycles. The molecule has 1 fully saturated rings. The van der Waals surface area contributed by atoms with Gasteiger partial charge in [0.2, 0.25) is 0 Å². The van der Waals surface area contributed by atoms with Crippen molar-refractivity contribution in [3.05, 3.63) is 28.4 Å². The zero-order valence-corrected chi connectivity index (χ0v) is 12.3. The van der Waals surface area contributed by atoms with Crippen LogP contribution in [0.4, 0.5) is 0 Å². The minimum atomic E-state index is -0.208. The molecule has 1 aromatic carbocycles. The maximum Gasteiger partial charge on any atom is 0.0693 e. The summed E-state index contributed by atoms with van der Waals surface area (Å²) in [7, 11) is 0. The Morgan fingerprint density at radius 2 is 2.21 bits per heavy atom. The van der Waals surface area contributed by atoms with Crippen LogP contribution in [-0.4, -0.2) is 27.4 Å². The Morgan fingerprint density at radius 3 is 3.05 bits per heavy atom. The lowest BCUT2D eigenvalue weighted by Gasteiger charge is -2.28. The van der Waals surface area contributed by atoms with Crippen molar-refractivity contribution in [2.75, 3.05) is 0 Å². The number of H-pyrrole nitrogens is 1. The third-order valence-corrected chi connectivity index (χ3v) is 4.35. The van der Waals surface area contributed by atoms with E-state index < -0.39 is 0 Å². The average molecular weight is 324 g/mol. The van der Waals surface area contributed by atoms with Crippen molar-refractivity contribution in [2.45, 2.75) is 44.4 Å². The summed E-state index contributed by atoms with van der Waals surface area (Å²) >= 11 is 3.52. The lowest BCUT2D eigenvalue weighted by molar-refractivity contribution is 0.0903. The fourth-order valence-corrected chi connectivity index (χ4v) is 3.33. The quantitative estimate of drug-likeness (QED) is 0.813. The first-order valence-corrected chi connectivity index (χ1v) is 7.56. The second kappa shape index (κ2) is 5.61. The van der Waals surface area contributed by atoms with Gasteiger partial charge in [0.1, 0.15) is 0 Å². The molecular formula is C14H18BrN3O. The van der Waals surface area contributed by atoms with Crippen LogP contribution in [0.15, 0.2) is 22.8 Å². The molecule has 0 spiro atoms. The second-order valence-electron chi connectivity index (χ2n) is 5.24. The van der Waals surface area contributed by atoms with Gasteiger partial charge >= 0.3 is 0 Å². The van der Waals surface area contributed by atoms with E-state index in [0.29, 0.717) is 0 Å². The first kappa shape index (κ1) is 13.1. The molecule has 0 radical (unpaired) electrons. The van der Waals surface area contributed by atoms with Gasteiger partial charge < -0.3 is 10.4 Å². The summed E-state index contributed by atoms with van der Waals surface area (Å²) in [6.45, 7) is 0.761. The van der Waals surface area contributed by atoms with Crippen LogP contribution >= 0.6 is 15.9 Å². The Balaban J connectivity index is 1.75. The van der Waals surface area contributed by atoms with Gasteiger partial charge in [-0.3, -0.25) is 5.10 Å². The standard InChI is InChI=1S/C14H18BrN3O/c15-10-5-9(11-8-17-18-13(11)6-10)7-16-12-3-1-2-4-14(12)19/h5-6,8,12,14,16,19H,1-4,7H2,(H,17,18)/t12-,14-/m1/s1. The van der Waals surface area contributed by atoms with Gasteiger partial charge in [-0.2, -0.15) is 5.10 Å². The molecular weight excluding hydrogens is 306 g/mol. The fourth-order valence-electron chi connectivity index (χ4n) is 2.82. The van der Waals surface area contributed by atoms with E-state index in [4.69, 9.17) is 0 Å². The number of benzene rings is 1. The summed E-state index contributed by atoms with van der Waals surface area (Å²) in [5.41, 5.74) is 2.24. The van der Waals surface area contributed by atoms with Crippen LogP contribution in [0.25, 0.3) is 10.9 Å². The Morgan fingerprint density at radius 1 is 1.37 bits per heavy atom. The van der Waals surface area contributed by atoms with Crippen molar-refractivity contribution in [2.24, 2.45) is 0 Å². The minimum absolute atomic E-state index is 0.208. The van der Waals surface area contributed by atoms with Crippen molar-refractivity contribution in [3.63, 3.8) is 0 Å². The van der Waals surface area contributed by atoms with E-state index in [1.165, 1.54) is 12.0 Å². The normalized spacial score (nSPS) is 23.9. The zero-order chi connectivity index (χ0) is 13.2. The first-order chi connectivity index (χ1) is 9.24. The Hall–Kier alpha value is -0.910. The van der Waals surface area contributed by atoms with Crippen LogP contribution in [0.5, 0.6) is 0 Å². The van der Waals surface area contributed by atoms with Crippen molar-refractivity contribution in [1.29, 1.82) is 0 Å². The molecule has 0 aliphatic heterocycles. The van der Waals surface area contributed by atoms with Crippen LogP contribution in [0.1, 0.15) is 31.2 Å². The Bertz CT molecular complexity index is 569. The minimum Gasteiger partial charge on any atom is -0.392 e. The molecule has 2 aromatic rings. The van der Waals surface area contributed by atoms with Crippen LogP contribution in [0.2, 0.25) is 0 Å². The maximum absolute atomic E-state index is 9.98. The van der Waals surface area contributed by atoms with E-state index in [1.54, 1.807) is 0 Å². The summed E-state index contributed by atoms with van der Waals surface area (Å²) in [6, 6.07) is 4.36. The topological polar surface area (TPSA) is 60.9 Å². The summed E-state index contributed by atoms with van der Waals surface area (Å²) in [4.78, 5) is 0. The summed E-state index contributed by atoms with van der Waals surface area (Å²) in [5.74, 6) is 0. The number of hydrogen-bond acceptors (Lipinski definition) is 3. The molecule has 0 bridgehead atoms. The summed E-state index contributed by atoms with van der Waals surface area (Å²) < 4.78 is 1.05. The first-order valence-electron chi connectivity index (χ1n) is 6.77. The third-order valence-electron chi connectivity index (χ3n) is 3.89. The number of nitrogens with zero attached hydrogens (tertiary/aromatic N) is 1. The lowest BCUT2D eigenvalue weighted by Crippen LogP contribution is -2.41. The molecule has 3 rings (SSSR count). The molecule has 2 atom stereocenters. The zero-order valence-electron chi connectivity index (χ0n) is 10.7. The molecule has 0 unspecified atom stereocenters. The molecule has 1 heterocycles. The number of aromatic amines is 1. The van der Waals surface area contributed by atoms with Crippen molar-refractivity contribution >= 4 is 26.8 Å². The molecule has 5 heteroatoms. The highest BCUT2D eigenvalue weighted by atomic mass is 79.9. The highest BCUT2D eigenvalue weighted by molar-refractivity contribution is 9.10. The number of rotatable bonds is 3. The number of nitrogens with one attached hydrogen (secondary N) is 2. The van der Waals surface area contributed by atoms with Crippen molar-refractivity contribution in [3.8, 4) is 0 Å². The number of aromatic nitrogens is 2. The van der Waals surface area contributed by atoms with Crippen LogP contribution < -0.4 is 5.32 Å². The van der Waals surface area contributed by atoms with Gasteiger partial charge in [-0.1, -0.05) is 28.8 Å². The van der Waals surface area contributed by atoms with E-state index >= 15 is 0 Å². The number of hydrogen-bond donors (Lipinski definition) is 3. The molecule has 0 saturated heterocycles. The molecule has 3 N–H and O–H groups in total. The van der Waals surface area contributed by atoms with E-state index in [1.807, 2.05) is 12.3 Å². The fraction of sp³-hybridized carbons (Fsp3) is 0.500. The molecule has 102 valence electrons. The monoisotopic (exact) mass is 323 g/mol. The number of halogens is 1. The van der Waals surface area contributed by atoms with E-state index in [9.17, 15) is 5.11 Å². The Kier molecular flexibility index (Phi) is 3.86. The third kappa shape index (κ3) is 2.83. The molecule has 1 aromatic heterocycles. The Labute approximate surface area is 120 Å². The summed E-state index contributed by atoms with van der Waals surface area (Å²) in [5, 5.41) is 21.7. The molecule has 1 aliphatic rings. The molecule has 19 heavy (non-hydrogen) atoms.